The second-order valence-corrected chi connectivity index (χ2v) is 6.72. The van der Waals surface area contributed by atoms with Crippen LogP contribution in [0.25, 0.3) is 0 Å². The van der Waals surface area contributed by atoms with Gasteiger partial charge in [0.05, 0.1) is 24.2 Å². The number of guanidine groups is 1. The van der Waals surface area contributed by atoms with Crippen molar-refractivity contribution in [1.82, 2.24) is 10.3 Å². The van der Waals surface area contributed by atoms with E-state index in [1.807, 2.05) is 25.1 Å². The van der Waals surface area contributed by atoms with Crippen LogP contribution in [-0.4, -0.2) is 24.1 Å². The lowest BCUT2D eigenvalue weighted by atomic mass is 10.0. The number of nitrogens with two attached hydrogens (primary N) is 1. The highest BCUT2D eigenvalue weighted by Gasteiger charge is 2.21. The van der Waals surface area contributed by atoms with Gasteiger partial charge in [-0.05, 0) is 13.0 Å². The van der Waals surface area contributed by atoms with Crippen molar-refractivity contribution < 1.29 is 4.74 Å². The number of aliphatic imine (C=N–C) groups is 1. The van der Waals surface area contributed by atoms with Gasteiger partial charge in [0.25, 0.3) is 0 Å². The Morgan fingerprint density at radius 3 is 3.04 bits per heavy atom. The molecule has 5 nitrogen and oxygen atoms in total. The first-order chi connectivity index (χ1) is 11.1. The second-order valence-electron chi connectivity index (χ2n) is 5.83. The number of rotatable bonds is 4. The molecule has 3 N–H and O–H groups in total. The van der Waals surface area contributed by atoms with Crippen molar-refractivity contribution in [1.29, 1.82) is 0 Å². The van der Waals surface area contributed by atoms with E-state index in [4.69, 9.17) is 10.5 Å². The van der Waals surface area contributed by atoms with Gasteiger partial charge in [0.15, 0.2) is 5.96 Å². The molecular weight excluding hydrogens is 435 g/mol. The van der Waals surface area contributed by atoms with E-state index in [0.29, 0.717) is 19.1 Å². The summed E-state index contributed by atoms with van der Waals surface area (Å²) >= 11 is 1.68. The molecule has 130 valence electrons. The third kappa shape index (κ3) is 4.60. The maximum atomic E-state index is 6.07. The summed E-state index contributed by atoms with van der Waals surface area (Å²) in [5.74, 6) is 1.68. The number of fused-ring (bicyclic) bond motifs is 1. The highest BCUT2D eigenvalue weighted by Crippen LogP contribution is 2.31. The van der Waals surface area contributed by atoms with E-state index in [1.165, 1.54) is 0 Å². The first kappa shape index (κ1) is 19.0. The van der Waals surface area contributed by atoms with Gasteiger partial charge in [-0.15, -0.1) is 35.3 Å². The number of benzene rings is 1. The third-order valence-electron chi connectivity index (χ3n) is 3.87. The Hall–Kier alpha value is -1.35. The van der Waals surface area contributed by atoms with Gasteiger partial charge in [-0.25, -0.2) is 4.98 Å². The predicted molar refractivity (Wildman–Crippen MR) is 110 cm³/mol. The summed E-state index contributed by atoms with van der Waals surface area (Å²) in [4.78, 5) is 8.99. The van der Waals surface area contributed by atoms with Gasteiger partial charge < -0.3 is 15.8 Å². The maximum absolute atomic E-state index is 6.07. The summed E-state index contributed by atoms with van der Waals surface area (Å²) in [6.45, 7) is 5.46. The molecule has 24 heavy (non-hydrogen) atoms. The zero-order chi connectivity index (χ0) is 16.2. The number of hydrogen-bond donors (Lipinski definition) is 2. The van der Waals surface area contributed by atoms with E-state index < -0.39 is 0 Å². The number of thiazole rings is 1. The minimum absolute atomic E-state index is 0. The molecule has 0 bridgehead atoms. The van der Waals surface area contributed by atoms with Gasteiger partial charge in [-0.2, -0.15) is 0 Å². The van der Waals surface area contributed by atoms with Crippen LogP contribution in [-0.2, 0) is 0 Å². The average molecular weight is 458 g/mol. The van der Waals surface area contributed by atoms with Gasteiger partial charge >= 0.3 is 0 Å². The highest BCUT2D eigenvalue weighted by molar-refractivity contribution is 14.0. The number of aryl methyl sites for hydroxylation is 1. The molecule has 3 rings (SSSR count). The van der Waals surface area contributed by atoms with E-state index in [1.54, 1.807) is 11.3 Å². The first-order valence-electron chi connectivity index (χ1n) is 7.83. The zero-order valence-corrected chi connectivity index (χ0v) is 17.0. The molecule has 7 heteroatoms. The van der Waals surface area contributed by atoms with Gasteiger partial charge in [0, 0.05) is 29.0 Å². The minimum Gasteiger partial charge on any atom is -0.493 e. The lowest BCUT2D eigenvalue weighted by Gasteiger charge is -2.27. The number of nitrogens with one attached hydrogen (secondary N) is 1. The van der Waals surface area contributed by atoms with Crippen LogP contribution in [0.3, 0.4) is 0 Å². The van der Waals surface area contributed by atoms with Gasteiger partial charge in [-0.1, -0.05) is 25.1 Å². The van der Waals surface area contributed by atoms with Crippen LogP contribution < -0.4 is 15.8 Å². The summed E-state index contributed by atoms with van der Waals surface area (Å²) in [6.07, 6.45) is 0.883. The van der Waals surface area contributed by atoms with Crippen LogP contribution >= 0.6 is 35.3 Å². The molecule has 0 fully saturated rings. The SMILES string of the molecule is Cc1csc(C(C)CN=C(N)NC2CCOc3ccccc32)n1.I. The van der Waals surface area contributed by atoms with Crippen LogP contribution in [0.5, 0.6) is 5.75 Å². The lowest BCUT2D eigenvalue weighted by Crippen LogP contribution is -2.37. The van der Waals surface area contributed by atoms with Crippen molar-refractivity contribution >= 4 is 41.3 Å². The Labute approximate surface area is 163 Å². The van der Waals surface area contributed by atoms with Crippen LogP contribution in [0.4, 0.5) is 0 Å². The first-order valence-corrected chi connectivity index (χ1v) is 8.71. The Kier molecular flexibility index (Phi) is 6.85. The molecule has 2 atom stereocenters. The molecule has 2 heterocycles. The van der Waals surface area contributed by atoms with Gasteiger partial charge in [0.1, 0.15) is 5.75 Å². The molecule has 0 aliphatic carbocycles. The van der Waals surface area contributed by atoms with Crippen LogP contribution in [0.15, 0.2) is 34.6 Å². The molecule has 1 aliphatic heterocycles. The van der Waals surface area contributed by atoms with Crippen molar-refractivity contribution in [3.8, 4) is 5.75 Å². The summed E-state index contributed by atoms with van der Waals surface area (Å²) in [5.41, 5.74) is 8.27. The van der Waals surface area contributed by atoms with E-state index in [9.17, 15) is 0 Å². The van der Waals surface area contributed by atoms with Crippen molar-refractivity contribution in [3.63, 3.8) is 0 Å². The molecule has 1 aromatic carbocycles. The van der Waals surface area contributed by atoms with Crippen molar-refractivity contribution in [2.45, 2.75) is 32.2 Å². The van der Waals surface area contributed by atoms with Crippen molar-refractivity contribution in [2.24, 2.45) is 10.7 Å². The van der Waals surface area contributed by atoms with Crippen molar-refractivity contribution in [3.05, 3.63) is 45.9 Å². The van der Waals surface area contributed by atoms with E-state index in [0.717, 1.165) is 28.4 Å². The second kappa shape index (κ2) is 8.66. The molecule has 0 saturated carbocycles. The fourth-order valence-corrected chi connectivity index (χ4v) is 3.48. The Morgan fingerprint density at radius 1 is 1.50 bits per heavy atom. The number of aromatic nitrogens is 1. The number of hydrogen-bond acceptors (Lipinski definition) is 4. The largest absolute Gasteiger partial charge is 0.493 e. The zero-order valence-electron chi connectivity index (χ0n) is 13.9. The molecule has 0 saturated heterocycles. The molecule has 1 aromatic heterocycles. The molecule has 1 aliphatic rings. The number of ether oxygens (including phenoxy) is 1. The fraction of sp³-hybridized carbons (Fsp3) is 0.412. The van der Waals surface area contributed by atoms with Crippen molar-refractivity contribution in [2.75, 3.05) is 13.2 Å². The number of halogens is 1. The molecular formula is C17H23IN4OS. The van der Waals surface area contributed by atoms with Crippen LogP contribution in [0.1, 0.15) is 41.6 Å². The normalized spacial score (nSPS) is 18.1. The standard InChI is InChI=1S/C17H22N4OS.HI/c1-11(16-20-12(2)10-23-16)9-19-17(18)21-14-7-8-22-15-6-4-3-5-13(14)15;/h3-6,10-11,14H,7-9H2,1-2H3,(H3,18,19,21);1H. The van der Waals surface area contributed by atoms with Crippen LogP contribution in [0.2, 0.25) is 0 Å². The topological polar surface area (TPSA) is 72.5 Å². The van der Waals surface area contributed by atoms with E-state index >= 15 is 0 Å². The highest BCUT2D eigenvalue weighted by atomic mass is 127. The minimum atomic E-state index is 0. The van der Waals surface area contributed by atoms with Gasteiger partial charge in [0.2, 0.25) is 0 Å². The lowest BCUT2D eigenvalue weighted by molar-refractivity contribution is 0.262. The number of nitrogens with zero attached hydrogens (tertiary/aromatic N) is 2. The molecule has 0 radical (unpaired) electrons. The van der Waals surface area contributed by atoms with Gasteiger partial charge in [-0.3, -0.25) is 4.99 Å². The maximum Gasteiger partial charge on any atom is 0.189 e. The summed E-state index contributed by atoms with van der Waals surface area (Å²) in [7, 11) is 0. The molecule has 0 spiro atoms. The summed E-state index contributed by atoms with van der Waals surface area (Å²) in [5, 5.41) is 6.49. The molecule has 2 aromatic rings. The Bertz CT molecular complexity index is 703. The monoisotopic (exact) mass is 458 g/mol. The predicted octanol–water partition coefficient (Wildman–Crippen LogP) is 3.60. The average Bonchev–Trinajstić information content (AvgIpc) is 2.99. The molecule has 2 unspecified atom stereocenters. The summed E-state index contributed by atoms with van der Waals surface area (Å²) < 4.78 is 5.67. The quantitative estimate of drug-likeness (QED) is 0.417. The third-order valence-corrected chi connectivity index (χ3v) is 5.07. The summed E-state index contributed by atoms with van der Waals surface area (Å²) in [6, 6.07) is 8.21. The molecule has 0 amide bonds. The smallest absolute Gasteiger partial charge is 0.189 e. The van der Waals surface area contributed by atoms with Crippen LogP contribution in [0, 0.1) is 6.92 Å². The van der Waals surface area contributed by atoms with E-state index in [2.05, 4.69) is 33.7 Å². The Morgan fingerprint density at radius 2 is 2.29 bits per heavy atom. The fourth-order valence-electron chi connectivity index (χ4n) is 2.63. The Balaban J connectivity index is 0.00000208. The van der Waals surface area contributed by atoms with E-state index in [-0.39, 0.29) is 35.9 Å². The number of para-hydroxylation sites is 1.